The lowest BCUT2D eigenvalue weighted by Crippen LogP contribution is -2.20. The van der Waals surface area contributed by atoms with E-state index in [-0.39, 0.29) is 0 Å². The first-order valence-electron chi connectivity index (χ1n) is 6.40. The topological polar surface area (TPSA) is 12.0 Å². The van der Waals surface area contributed by atoms with Crippen LogP contribution in [0.4, 0.5) is 0 Å². The van der Waals surface area contributed by atoms with Gasteiger partial charge >= 0.3 is 0 Å². The second-order valence-electron chi connectivity index (χ2n) is 4.50. The molecule has 0 fully saturated rings. The molecule has 1 unspecified atom stereocenters. The lowest BCUT2D eigenvalue weighted by Gasteiger charge is -2.18. The van der Waals surface area contributed by atoms with E-state index < -0.39 is 0 Å². The normalized spacial score (nSPS) is 12.6. The molecule has 1 aromatic heterocycles. The van der Waals surface area contributed by atoms with Gasteiger partial charge in [0.2, 0.25) is 0 Å². The van der Waals surface area contributed by atoms with Gasteiger partial charge in [0.25, 0.3) is 0 Å². The van der Waals surface area contributed by atoms with Crippen molar-refractivity contribution in [2.45, 2.75) is 32.4 Å². The van der Waals surface area contributed by atoms with Crippen molar-refractivity contribution >= 4 is 38.9 Å². The number of rotatable bonds is 6. The van der Waals surface area contributed by atoms with E-state index in [1.54, 1.807) is 11.3 Å². The van der Waals surface area contributed by atoms with Crippen molar-refractivity contribution < 1.29 is 0 Å². The fourth-order valence-electron chi connectivity index (χ4n) is 2.04. The Bertz CT molecular complexity index is 509. The van der Waals surface area contributed by atoms with Crippen LogP contribution in [0.1, 0.15) is 36.2 Å². The first-order chi connectivity index (χ1) is 9.19. The van der Waals surface area contributed by atoms with E-state index in [4.69, 9.17) is 11.6 Å². The maximum Gasteiger partial charge on any atom is 0.0406 e. The van der Waals surface area contributed by atoms with Gasteiger partial charge in [0.1, 0.15) is 0 Å². The van der Waals surface area contributed by atoms with Crippen molar-refractivity contribution in [2.75, 3.05) is 0 Å². The SMILES string of the molecule is CCCC(NCc1cc(Br)cs1)c1ccc(Cl)cc1. The fourth-order valence-corrected chi connectivity index (χ4v) is 3.57. The van der Waals surface area contributed by atoms with E-state index in [1.807, 2.05) is 12.1 Å². The van der Waals surface area contributed by atoms with Crippen molar-refractivity contribution in [1.29, 1.82) is 0 Å². The molecular formula is C15H17BrClNS. The molecule has 0 aliphatic carbocycles. The van der Waals surface area contributed by atoms with Crippen molar-refractivity contribution in [3.05, 3.63) is 55.6 Å². The predicted octanol–water partition coefficient (Wildman–Crippen LogP) is 5.80. The van der Waals surface area contributed by atoms with Gasteiger partial charge in [0.15, 0.2) is 0 Å². The molecule has 2 rings (SSSR count). The highest BCUT2D eigenvalue weighted by atomic mass is 79.9. The summed E-state index contributed by atoms with van der Waals surface area (Å²) in [6.45, 7) is 3.12. The summed E-state index contributed by atoms with van der Waals surface area (Å²) in [5, 5.41) is 6.54. The third kappa shape index (κ3) is 4.60. The van der Waals surface area contributed by atoms with Gasteiger partial charge in [-0.1, -0.05) is 37.1 Å². The average Bonchev–Trinajstić information content (AvgIpc) is 2.81. The van der Waals surface area contributed by atoms with Crippen LogP contribution in [0.5, 0.6) is 0 Å². The number of hydrogen-bond donors (Lipinski definition) is 1. The zero-order chi connectivity index (χ0) is 13.7. The second kappa shape index (κ2) is 7.44. The Labute approximate surface area is 132 Å². The molecule has 1 nitrogen and oxygen atoms in total. The largest absolute Gasteiger partial charge is 0.305 e. The molecular weight excluding hydrogens is 342 g/mol. The third-order valence-electron chi connectivity index (χ3n) is 2.99. The minimum Gasteiger partial charge on any atom is -0.305 e. The van der Waals surface area contributed by atoms with Crippen LogP contribution < -0.4 is 5.32 Å². The summed E-state index contributed by atoms with van der Waals surface area (Å²) in [6.07, 6.45) is 2.29. The molecule has 1 aromatic carbocycles. The second-order valence-corrected chi connectivity index (χ2v) is 6.85. The molecule has 0 radical (unpaired) electrons. The first kappa shape index (κ1) is 15.0. The molecule has 4 heteroatoms. The Morgan fingerprint density at radius 2 is 2.05 bits per heavy atom. The molecule has 0 saturated carbocycles. The van der Waals surface area contributed by atoms with E-state index in [0.717, 1.165) is 28.9 Å². The minimum atomic E-state index is 0.392. The van der Waals surface area contributed by atoms with Crippen molar-refractivity contribution in [2.24, 2.45) is 0 Å². The van der Waals surface area contributed by atoms with E-state index in [0.29, 0.717) is 6.04 Å². The summed E-state index contributed by atoms with van der Waals surface area (Å²) in [5.41, 5.74) is 1.31. The van der Waals surface area contributed by atoms with Crippen LogP contribution in [0.2, 0.25) is 5.02 Å². The van der Waals surface area contributed by atoms with E-state index >= 15 is 0 Å². The Balaban J connectivity index is 2.01. The van der Waals surface area contributed by atoms with Gasteiger partial charge < -0.3 is 5.32 Å². The van der Waals surface area contributed by atoms with Crippen LogP contribution >= 0.6 is 38.9 Å². The van der Waals surface area contributed by atoms with Crippen molar-refractivity contribution in [3.63, 3.8) is 0 Å². The Morgan fingerprint density at radius 3 is 2.63 bits per heavy atom. The van der Waals surface area contributed by atoms with Gasteiger partial charge in [-0.15, -0.1) is 11.3 Å². The standard InChI is InChI=1S/C15H17BrClNS/c1-2-3-15(11-4-6-13(17)7-5-11)18-9-14-8-12(16)10-19-14/h4-8,10,15,18H,2-3,9H2,1H3. The lowest BCUT2D eigenvalue weighted by atomic mass is 10.0. The smallest absolute Gasteiger partial charge is 0.0406 e. The molecule has 0 aliphatic heterocycles. The zero-order valence-electron chi connectivity index (χ0n) is 10.8. The highest BCUT2D eigenvalue weighted by Gasteiger charge is 2.10. The molecule has 0 spiro atoms. The fraction of sp³-hybridized carbons (Fsp3) is 0.333. The zero-order valence-corrected chi connectivity index (χ0v) is 14.0. The van der Waals surface area contributed by atoms with Crippen molar-refractivity contribution in [3.8, 4) is 0 Å². The first-order valence-corrected chi connectivity index (χ1v) is 8.46. The average molecular weight is 359 g/mol. The molecule has 1 N–H and O–H groups in total. The van der Waals surface area contributed by atoms with E-state index in [1.165, 1.54) is 10.4 Å². The Hall–Kier alpha value is -0.350. The summed E-state index contributed by atoms with van der Waals surface area (Å²) >= 11 is 11.2. The van der Waals surface area contributed by atoms with E-state index in [2.05, 4.69) is 51.7 Å². The van der Waals surface area contributed by atoms with Crippen LogP contribution in [0, 0.1) is 0 Å². The molecule has 0 amide bonds. The summed E-state index contributed by atoms with van der Waals surface area (Å²) in [7, 11) is 0. The molecule has 1 heterocycles. The summed E-state index contributed by atoms with van der Waals surface area (Å²) in [6, 6.07) is 10.7. The van der Waals surface area contributed by atoms with Crippen LogP contribution in [0.15, 0.2) is 40.2 Å². The number of nitrogens with one attached hydrogen (secondary N) is 1. The van der Waals surface area contributed by atoms with Gasteiger partial charge in [0, 0.05) is 32.3 Å². The molecule has 102 valence electrons. The van der Waals surface area contributed by atoms with Gasteiger partial charge in [-0.25, -0.2) is 0 Å². The molecule has 19 heavy (non-hydrogen) atoms. The van der Waals surface area contributed by atoms with Crippen LogP contribution in [-0.4, -0.2) is 0 Å². The molecule has 1 atom stereocenters. The minimum absolute atomic E-state index is 0.392. The molecule has 0 aliphatic rings. The number of thiophene rings is 1. The quantitative estimate of drug-likeness (QED) is 0.688. The van der Waals surface area contributed by atoms with Crippen LogP contribution in [-0.2, 0) is 6.54 Å². The summed E-state index contributed by atoms with van der Waals surface area (Å²) < 4.78 is 1.16. The highest BCUT2D eigenvalue weighted by molar-refractivity contribution is 9.10. The maximum absolute atomic E-state index is 5.95. The number of halogens is 2. The lowest BCUT2D eigenvalue weighted by molar-refractivity contribution is 0.496. The molecule has 0 saturated heterocycles. The summed E-state index contributed by atoms with van der Waals surface area (Å²) in [4.78, 5) is 1.35. The molecule has 0 bridgehead atoms. The number of hydrogen-bond acceptors (Lipinski definition) is 2. The van der Waals surface area contributed by atoms with E-state index in [9.17, 15) is 0 Å². The predicted molar refractivity (Wildman–Crippen MR) is 88.0 cm³/mol. The Morgan fingerprint density at radius 1 is 1.32 bits per heavy atom. The molecule has 2 aromatic rings. The highest BCUT2D eigenvalue weighted by Crippen LogP contribution is 2.23. The third-order valence-corrected chi connectivity index (χ3v) is 4.94. The maximum atomic E-state index is 5.95. The van der Waals surface area contributed by atoms with Gasteiger partial charge in [-0.3, -0.25) is 0 Å². The Kier molecular flexibility index (Phi) is 5.89. The monoisotopic (exact) mass is 357 g/mol. The van der Waals surface area contributed by atoms with Gasteiger partial charge in [-0.05, 0) is 46.1 Å². The number of benzene rings is 1. The van der Waals surface area contributed by atoms with Crippen molar-refractivity contribution in [1.82, 2.24) is 5.32 Å². The van der Waals surface area contributed by atoms with Gasteiger partial charge in [-0.2, -0.15) is 0 Å². The van der Waals surface area contributed by atoms with Gasteiger partial charge in [0.05, 0.1) is 0 Å². The van der Waals surface area contributed by atoms with Crippen LogP contribution in [0.25, 0.3) is 0 Å². The summed E-state index contributed by atoms with van der Waals surface area (Å²) in [5.74, 6) is 0. The van der Waals surface area contributed by atoms with Crippen LogP contribution in [0.3, 0.4) is 0 Å².